The van der Waals surface area contributed by atoms with Crippen molar-refractivity contribution in [3.63, 3.8) is 0 Å². The van der Waals surface area contributed by atoms with E-state index < -0.39 is 0 Å². The SMILES string of the molecule is Cc1ccc(Cn2c(=O)c(N3CCC(C(=O)NCc4ccccc4F)CC3)nc3ccccc32)cc1. The molecule has 4 aromatic rings. The van der Waals surface area contributed by atoms with Crippen molar-refractivity contribution in [1.29, 1.82) is 0 Å². The van der Waals surface area contributed by atoms with Crippen molar-refractivity contribution in [1.82, 2.24) is 14.9 Å². The average Bonchev–Trinajstić information content (AvgIpc) is 2.91. The summed E-state index contributed by atoms with van der Waals surface area (Å²) >= 11 is 0. The first-order valence-electron chi connectivity index (χ1n) is 12.3. The molecule has 0 saturated carbocycles. The fourth-order valence-corrected chi connectivity index (χ4v) is 4.74. The Morgan fingerprint density at radius 1 is 1.00 bits per heavy atom. The van der Waals surface area contributed by atoms with E-state index in [-0.39, 0.29) is 29.7 Å². The molecule has 3 aromatic carbocycles. The third kappa shape index (κ3) is 5.00. The lowest BCUT2D eigenvalue weighted by Gasteiger charge is -2.32. The largest absolute Gasteiger partial charge is 0.352 e. The Balaban J connectivity index is 1.32. The number of hydrogen-bond donors (Lipinski definition) is 1. The van der Waals surface area contributed by atoms with Gasteiger partial charge in [0.25, 0.3) is 5.56 Å². The number of nitrogens with zero attached hydrogens (tertiary/aromatic N) is 3. The maximum atomic E-state index is 13.9. The molecule has 0 unspecified atom stereocenters. The second-order valence-electron chi connectivity index (χ2n) is 9.37. The van der Waals surface area contributed by atoms with E-state index in [0.29, 0.717) is 43.9 Å². The zero-order valence-corrected chi connectivity index (χ0v) is 20.3. The molecule has 6 nitrogen and oxygen atoms in total. The van der Waals surface area contributed by atoms with Gasteiger partial charge in [-0.3, -0.25) is 14.2 Å². The van der Waals surface area contributed by atoms with Crippen LogP contribution in [-0.4, -0.2) is 28.5 Å². The van der Waals surface area contributed by atoms with Crippen LogP contribution in [0.15, 0.2) is 77.6 Å². The number of anilines is 1. The smallest absolute Gasteiger partial charge is 0.294 e. The van der Waals surface area contributed by atoms with Gasteiger partial charge in [0.2, 0.25) is 5.91 Å². The number of benzene rings is 3. The first kappa shape index (κ1) is 23.7. The van der Waals surface area contributed by atoms with E-state index in [1.54, 1.807) is 22.8 Å². The van der Waals surface area contributed by atoms with Crippen LogP contribution in [0.4, 0.5) is 10.2 Å². The van der Waals surface area contributed by atoms with Crippen LogP contribution in [0.1, 0.15) is 29.5 Å². The van der Waals surface area contributed by atoms with Crippen LogP contribution in [0.2, 0.25) is 0 Å². The monoisotopic (exact) mass is 484 g/mol. The number of aryl methyl sites for hydroxylation is 1. The van der Waals surface area contributed by atoms with Crippen LogP contribution in [-0.2, 0) is 17.9 Å². The third-order valence-electron chi connectivity index (χ3n) is 6.87. The maximum Gasteiger partial charge on any atom is 0.294 e. The van der Waals surface area contributed by atoms with Crippen molar-refractivity contribution in [2.24, 2.45) is 5.92 Å². The first-order valence-corrected chi connectivity index (χ1v) is 12.3. The zero-order valence-electron chi connectivity index (χ0n) is 20.3. The minimum atomic E-state index is -0.322. The number of halogens is 1. The number of para-hydroxylation sites is 2. The van der Waals surface area contributed by atoms with Gasteiger partial charge in [0, 0.05) is 31.1 Å². The first-order chi connectivity index (χ1) is 17.5. The summed E-state index contributed by atoms with van der Waals surface area (Å²) in [5.74, 6) is -0.160. The van der Waals surface area contributed by atoms with Gasteiger partial charge in [0.05, 0.1) is 17.6 Å². The lowest BCUT2D eigenvalue weighted by atomic mass is 9.96. The highest BCUT2D eigenvalue weighted by atomic mass is 19.1. The van der Waals surface area contributed by atoms with Gasteiger partial charge in [-0.05, 0) is 43.5 Å². The van der Waals surface area contributed by atoms with Gasteiger partial charge < -0.3 is 10.2 Å². The van der Waals surface area contributed by atoms with Crippen molar-refractivity contribution < 1.29 is 9.18 Å². The fraction of sp³-hybridized carbons (Fsp3) is 0.276. The molecule has 0 spiro atoms. The number of nitrogens with one attached hydrogen (secondary N) is 1. The number of fused-ring (bicyclic) bond motifs is 1. The number of rotatable bonds is 6. The van der Waals surface area contributed by atoms with E-state index in [9.17, 15) is 14.0 Å². The predicted octanol–water partition coefficient (Wildman–Crippen LogP) is 4.43. The van der Waals surface area contributed by atoms with Crippen LogP contribution in [0.5, 0.6) is 0 Å². The van der Waals surface area contributed by atoms with Crippen molar-refractivity contribution >= 4 is 22.8 Å². The van der Waals surface area contributed by atoms with E-state index in [1.807, 2.05) is 60.4 Å². The second kappa shape index (κ2) is 10.3. The highest BCUT2D eigenvalue weighted by Gasteiger charge is 2.27. The van der Waals surface area contributed by atoms with Crippen LogP contribution in [0, 0.1) is 18.7 Å². The molecule has 36 heavy (non-hydrogen) atoms. The Hall–Kier alpha value is -4.00. The molecule has 5 rings (SSSR count). The minimum Gasteiger partial charge on any atom is -0.352 e. The molecule has 1 aliphatic heterocycles. The molecule has 0 radical (unpaired) electrons. The zero-order chi connectivity index (χ0) is 25.1. The summed E-state index contributed by atoms with van der Waals surface area (Å²) < 4.78 is 15.6. The Kier molecular flexibility index (Phi) is 6.80. The summed E-state index contributed by atoms with van der Waals surface area (Å²) in [5.41, 5.74) is 4.13. The van der Waals surface area contributed by atoms with Gasteiger partial charge >= 0.3 is 0 Å². The molecule has 0 atom stereocenters. The van der Waals surface area contributed by atoms with Crippen LogP contribution >= 0.6 is 0 Å². The third-order valence-corrected chi connectivity index (χ3v) is 6.87. The fourth-order valence-electron chi connectivity index (χ4n) is 4.74. The number of aromatic nitrogens is 2. The molecule has 0 bridgehead atoms. The summed E-state index contributed by atoms with van der Waals surface area (Å²) in [7, 11) is 0. The minimum absolute atomic E-state index is 0.0823. The van der Waals surface area contributed by atoms with Gasteiger partial charge in [0.1, 0.15) is 5.82 Å². The molecule has 7 heteroatoms. The molecular weight excluding hydrogens is 455 g/mol. The van der Waals surface area contributed by atoms with E-state index in [2.05, 4.69) is 5.32 Å². The Morgan fingerprint density at radius 3 is 2.44 bits per heavy atom. The van der Waals surface area contributed by atoms with E-state index in [0.717, 1.165) is 16.6 Å². The van der Waals surface area contributed by atoms with E-state index in [4.69, 9.17) is 4.98 Å². The summed E-state index contributed by atoms with van der Waals surface area (Å²) in [4.78, 5) is 33.0. The lowest BCUT2D eigenvalue weighted by molar-refractivity contribution is -0.125. The van der Waals surface area contributed by atoms with Crippen molar-refractivity contribution in [3.05, 3.63) is 106 Å². The van der Waals surface area contributed by atoms with Crippen molar-refractivity contribution in [2.45, 2.75) is 32.9 Å². The predicted molar refractivity (Wildman–Crippen MR) is 139 cm³/mol. The number of hydrogen-bond acceptors (Lipinski definition) is 4. The summed E-state index contributed by atoms with van der Waals surface area (Å²) in [6, 6.07) is 22.3. The van der Waals surface area contributed by atoms with E-state index >= 15 is 0 Å². The number of piperidine rings is 1. The Labute approximate surface area is 209 Å². The van der Waals surface area contributed by atoms with Crippen LogP contribution in [0.3, 0.4) is 0 Å². The van der Waals surface area contributed by atoms with E-state index in [1.165, 1.54) is 11.6 Å². The molecule has 1 saturated heterocycles. The summed E-state index contributed by atoms with van der Waals surface area (Å²) in [5, 5.41) is 2.86. The van der Waals surface area contributed by atoms with Crippen LogP contribution in [0.25, 0.3) is 11.0 Å². The van der Waals surface area contributed by atoms with Crippen molar-refractivity contribution in [3.8, 4) is 0 Å². The molecule has 1 amide bonds. The number of carbonyl (C=O) groups excluding carboxylic acids is 1. The number of carbonyl (C=O) groups is 1. The molecule has 2 heterocycles. The molecule has 1 fully saturated rings. The van der Waals surface area contributed by atoms with Gasteiger partial charge in [-0.25, -0.2) is 9.37 Å². The highest BCUT2D eigenvalue weighted by molar-refractivity contribution is 5.79. The summed E-state index contributed by atoms with van der Waals surface area (Å²) in [6.07, 6.45) is 1.21. The van der Waals surface area contributed by atoms with Gasteiger partial charge in [-0.15, -0.1) is 0 Å². The van der Waals surface area contributed by atoms with Gasteiger partial charge in [-0.1, -0.05) is 60.2 Å². The molecule has 184 valence electrons. The Bertz CT molecular complexity index is 1440. The Morgan fingerprint density at radius 2 is 1.69 bits per heavy atom. The quantitative estimate of drug-likeness (QED) is 0.440. The average molecular weight is 485 g/mol. The topological polar surface area (TPSA) is 67.2 Å². The van der Waals surface area contributed by atoms with Gasteiger partial charge in [-0.2, -0.15) is 0 Å². The molecule has 0 aliphatic carbocycles. The molecule has 1 aromatic heterocycles. The second-order valence-corrected chi connectivity index (χ2v) is 9.37. The summed E-state index contributed by atoms with van der Waals surface area (Å²) in [6.45, 7) is 3.79. The van der Waals surface area contributed by atoms with Gasteiger partial charge in [0.15, 0.2) is 5.82 Å². The maximum absolute atomic E-state index is 13.9. The standard InChI is InChI=1S/C29H29FN4O2/c1-20-10-12-21(13-11-20)19-34-26-9-5-4-8-25(26)32-27(29(34)36)33-16-14-22(15-17-33)28(35)31-18-23-6-2-3-7-24(23)30/h2-13,22H,14-19H2,1H3,(H,31,35). The normalized spacial score (nSPS) is 14.2. The molecular formula is C29H29FN4O2. The number of amides is 1. The highest BCUT2D eigenvalue weighted by Crippen LogP contribution is 2.23. The van der Waals surface area contributed by atoms with Crippen LogP contribution < -0.4 is 15.8 Å². The van der Waals surface area contributed by atoms with Crippen molar-refractivity contribution in [2.75, 3.05) is 18.0 Å². The molecule has 1 aliphatic rings. The molecule has 1 N–H and O–H groups in total. The lowest BCUT2D eigenvalue weighted by Crippen LogP contribution is -2.43.